The molecular formula is C15H26N4O. The Labute approximate surface area is 121 Å². The highest BCUT2D eigenvalue weighted by atomic mass is 16.3. The number of aliphatic hydroxyl groups is 1. The quantitative estimate of drug-likeness (QED) is 0.847. The van der Waals surface area contributed by atoms with E-state index in [0.717, 1.165) is 56.2 Å². The normalized spacial score (nSPS) is 17.3. The van der Waals surface area contributed by atoms with Crippen molar-refractivity contribution in [1.82, 2.24) is 9.88 Å². The number of aromatic nitrogens is 1. The Hall–Kier alpha value is -1.17. The monoisotopic (exact) mass is 278 g/mol. The second-order valence-corrected chi connectivity index (χ2v) is 5.49. The molecule has 0 spiro atoms. The van der Waals surface area contributed by atoms with Crippen LogP contribution in [-0.4, -0.2) is 54.3 Å². The number of anilines is 1. The molecule has 2 rings (SSSR count). The molecule has 2 heterocycles. The van der Waals surface area contributed by atoms with Gasteiger partial charge in [-0.1, -0.05) is 0 Å². The number of nitrogens with two attached hydrogens (primary N) is 1. The molecule has 1 aromatic heterocycles. The second kappa shape index (κ2) is 7.02. The first-order valence-corrected chi connectivity index (χ1v) is 7.41. The summed E-state index contributed by atoms with van der Waals surface area (Å²) in [6, 6.07) is 2.10. The van der Waals surface area contributed by atoms with Gasteiger partial charge in [-0.05, 0) is 38.4 Å². The molecule has 0 aromatic carbocycles. The van der Waals surface area contributed by atoms with Crippen LogP contribution in [0.3, 0.4) is 0 Å². The molecule has 1 fully saturated rings. The van der Waals surface area contributed by atoms with Crippen molar-refractivity contribution in [1.29, 1.82) is 0 Å². The standard InChI is InChI=1S/C15H26N4O/c1-12-10-13(2)17-15(14(12)11-16)19-5-3-4-18(6-7-19)8-9-20/h10,20H,3-9,11,16H2,1-2H3. The molecule has 112 valence electrons. The minimum atomic E-state index is 0.232. The number of hydrogen-bond acceptors (Lipinski definition) is 5. The van der Waals surface area contributed by atoms with Gasteiger partial charge >= 0.3 is 0 Å². The number of β-amino-alcohol motifs (C(OH)–C–C–N with tert-alkyl or cyclic N) is 1. The van der Waals surface area contributed by atoms with Crippen LogP contribution in [-0.2, 0) is 6.54 Å². The van der Waals surface area contributed by atoms with Gasteiger partial charge in [-0.3, -0.25) is 4.90 Å². The first-order valence-electron chi connectivity index (χ1n) is 7.41. The smallest absolute Gasteiger partial charge is 0.133 e. The van der Waals surface area contributed by atoms with Gasteiger partial charge in [-0.15, -0.1) is 0 Å². The highest BCUT2D eigenvalue weighted by molar-refractivity contribution is 5.51. The molecule has 1 aliphatic heterocycles. The van der Waals surface area contributed by atoms with Crippen LogP contribution in [0, 0.1) is 13.8 Å². The topological polar surface area (TPSA) is 65.6 Å². The van der Waals surface area contributed by atoms with Gasteiger partial charge in [0.2, 0.25) is 0 Å². The molecule has 0 unspecified atom stereocenters. The molecule has 0 bridgehead atoms. The fraction of sp³-hybridized carbons (Fsp3) is 0.667. The van der Waals surface area contributed by atoms with Crippen molar-refractivity contribution < 1.29 is 5.11 Å². The van der Waals surface area contributed by atoms with E-state index < -0.39 is 0 Å². The van der Waals surface area contributed by atoms with Crippen LogP contribution in [0.4, 0.5) is 5.82 Å². The molecule has 0 saturated carbocycles. The lowest BCUT2D eigenvalue weighted by Crippen LogP contribution is -2.33. The molecule has 5 nitrogen and oxygen atoms in total. The van der Waals surface area contributed by atoms with E-state index in [1.807, 2.05) is 6.92 Å². The van der Waals surface area contributed by atoms with Crippen LogP contribution < -0.4 is 10.6 Å². The van der Waals surface area contributed by atoms with Gasteiger partial charge in [0.05, 0.1) is 6.61 Å². The molecule has 0 amide bonds. The third-order valence-corrected chi connectivity index (χ3v) is 3.96. The average molecular weight is 278 g/mol. The summed E-state index contributed by atoms with van der Waals surface area (Å²) in [6.07, 6.45) is 1.10. The fourth-order valence-corrected chi connectivity index (χ4v) is 2.91. The summed E-state index contributed by atoms with van der Waals surface area (Å²) in [5.41, 5.74) is 9.35. The summed E-state index contributed by atoms with van der Waals surface area (Å²) in [4.78, 5) is 9.38. The number of aryl methyl sites for hydroxylation is 2. The van der Waals surface area contributed by atoms with Gasteiger partial charge in [0.25, 0.3) is 0 Å². The highest BCUT2D eigenvalue weighted by Gasteiger charge is 2.19. The minimum Gasteiger partial charge on any atom is -0.395 e. The lowest BCUT2D eigenvalue weighted by Gasteiger charge is -2.25. The Balaban J connectivity index is 2.19. The van der Waals surface area contributed by atoms with Crippen LogP contribution in [0.25, 0.3) is 0 Å². The third kappa shape index (κ3) is 3.48. The Morgan fingerprint density at radius 2 is 2.05 bits per heavy atom. The maximum absolute atomic E-state index is 9.06. The zero-order valence-electron chi connectivity index (χ0n) is 12.6. The summed E-state index contributed by atoms with van der Waals surface area (Å²) in [5, 5.41) is 9.06. The average Bonchev–Trinajstić information content (AvgIpc) is 2.64. The van der Waals surface area contributed by atoms with E-state index in [0.29, 0.717) is 6.54 Å². The number of pyridine rings is 1. The molecule has 1 aliphatic rings. The number of rotatable bonds is 4. The maximum atomic E-state index is 9.06. The summed E-state index contributed by atoms with van der Waals surface area (Å²) in [7, 11) is 0. The van der Waals surface area contributed by atoms with Crippen LogP contribution in [0.1, 0.15) is 23.2 Å². The number of hydrogen-bond donors (Lipinski definition) is 2. The van der Waals surface area contributed by atoms with Crippen molar-refractivity contribution in [3.05, 3.63) is 22.9 Å². The first-order chi connectivity index (χ1) is 9.65. The lowest BCUT2D eigenvalue weighted by molar-refractivity contribution is 0.204. The molecule has 0 radical (unpaired) electrons. The van der Waals surface area contributed by atoms with E-state index in [1.165, 1.54) is 5.56 Å². The first kappa shape index (κ1) is 15.2. The van der Waals surface area contributed by atoms with Crippen molar-refractivity contribution in [2.24, 2.45) is 5.73 Å². The predicted octanol–water partition coefficient (Wildman–Crippen LogP) is 0.662. The molecular weight excluding hydrogens is 252 g/mol. The Kier molecular flexibility index (Phi) is 5.34. The largest absolute Gasteiger partial charge is 0.395 e. The molecule has 1 aromatic rings. The van der Waals surface area contributed by atoms with Crippen molar-refractivity contribution in [3.8, 4) is 0 Å². The molecule has 20 heavy (non-hydrogen) atoms. The van der Waals surface area contributed by atoms with Crippen LogP contribution in [0.5, 0.6) is 0 Å². The van der Waals surface area contributed by atoms with Crippen molar-refractivity contribution >= 4 is 5.82 Å². The van der Waals surface area contributed by atoms with Gasteiger partial charge in [0.1, 0.15) is 5.82 Å². The third-order valence-electron chi connectivity index (χ3n) is 3.96. The van der Waals surface area contributed by atoms with Crippen LogP contribution in [0.15, 0.2) is 6.07 Å². The molecule has 0 atom stereocenters. The van der Waals surface area contributed by atoms with Crippen LogP contribution in [0.2, 0.25) is 0 Å². The highest BCUT2D eigenvalue weighted by Crippen LogP contribution is 2.23. The fourth-order valence-electron chi connectivity index (χ4n) is 2.91. The van der Waals surface area contributed by atoms with Crippen molar-refractivity contribution in [3.63, 3.8) is 0 Å². The van der Waals surface area contributed by atoms with Crippen LogP contribution >= 0.6 is 0 Å². The van der Waals surface area contributed by atoms with Gasteiger partial charge in [0.15, 0.2) is 0 Å². The van der Waals surface area contributed by atoms with Gasteiger partial charge in [-0.25, -0.2) is 4.98 Å². The van der Waals surface area contributed by atoms with Gasteiger partial charge < -0.3 is 15.7 Å². The van der Waals surface area contributed by atoms with E-state index in [9.17, 15) is 0 Å². The summed E-state index contributed by atoms with van der Waals surface area (Å²) < 4.78 is 0. The van der Waals surface area contributed by atoms with E-state index in [1.54, 1.807) is 0 Å². The number of nitrogens with zero attached hydrogens (tertiary/aromatic N) is 3. The minimum absolute atomic E-state index is 0.232. The lowest BCUT2D eigenvalue weighted by atomic mass is 10.1. The Morgan fingerprint density at radius 3 is 2.75 bits per heavy atom. The van der Waals surface area contributed by atoms with E-state index in [-0.39, 0.29) is 6.61 Å². The summed E-state index contributed by atoms with van der Waals surface area (Å²) in [6.45, 7) is 9.63. The zero-order valence-corrected chi connectivity index (χ0v) is 12.6. The van der Waals surface area contributed by atoms with Crippen molar-refractivity contribution in [2.75, 3.05) is 44.2 Å². The predicted molar refractivity (Wildman–Crippen MR) is 82.0 cm³/mol. The van der Waals surface area contributed by atoms with Gasteiger partial charge in [0, 0.05) is 44.0 Å². The maximum Gasteiger partial charge on any atom is 0.133 e. The molecule has 0 aliphatic carbocycles. The van der Waals surface area contributed by atoms with Gasteiger partial charge in [-0.2, -0.15) is 0 Å². The summed E-state index contributed by atoms with van der Waals surface area (Å²) >= 11 is 0. The van der Waals surface area contributed by atoms with E-state index in [4.69, 9.17) is 15.8 Å². The molecule has 1 saturated heterocycles. The van der Waals surface area contributed by atoms with Crippen molar-refractivity contribution in [2.45, 2.75) is 26.8 Å². The Bertz CT molecular complexity index is 450. The van der Waals surface area contributed by atoms with E-state index >= 15 is 0 Å². The zero-order chi connectivity index (χ0) is 14.5. The van der Waals surface area contributed by atoms with E-state index in [2.05, 4.69) is 22.8 Å². The summed E-state index contributed by atoms with van der Waals surface area (Å²) in [5.74, 6) is 1.05. The molecule has 3 N–H and O–H groups in total. The number of aliphatic hydroxyl groups excluding tert-OH is 1. The second-order valence-electron chi connectivity index (χ2n) is 5.49. The molecule has 5 heteroatoms. The Morgan fingerprint density at radius 1 is 1.25 bits per heavy atom. The SMILES string of the molecule is Cc1cc(C)c(CN)c(N2CCCN(CCO)CC2)n1.